The molecule has 0 rings (SSSR count). The first-order chi connectivity index (χ1) is 10.7. The highest BCUT2D eigenvalue weighted by Gasteiger charge is 2.22. The van der Waals surface area contributed by atoms with Gasteiger partial charge in [-0.1, -0.05) is 67.8 Å². The molecule has 0 radical (unpaired) electrons. The van der Waals surface area contributed by atoms with Gasteiger partial charge in [0.2, 0.25) is 0 Å². The van der Waals surface area contributed by atoms with Crippen molar-refractivity contribution in [3.63, 3.8) is 0 Å². The Morgan fingerprint density at radius 1 is 0.864 bits per heavy atom. The van der Waals surface area contributed by atoms with Crippen LogP contribution >= 0.6 is 23.7 Å². The van der Waals surface area contributed by atoms with E-state index in [1.54, 1.807) is 0 Å². The predicted octanol–water partition coefficient (Wildman–Crippen LogP) is 6.05. The summed E-state index contributed by atoms with van der Waals surface area (Å²) in [6.07, 6.45) is 11.8. The fraction of sp³-hybridized carbons (Fsp3) is 1.00. The van der Waals surface area contributed by atoms with Gasteiger partial charge in [0, 0.05) is 11.9 Å². The fourth-order valence-electron chi connectivity index (χ4n) is 2.15. The van der Waals surface area contributed by atoms with Crippen LogP contribution in [0.1, 0.15) is 78.1 Å². The predicted molar refractivity (Wildman–Crippen MR) is 98.8 cm³/mol. The van der Waals surface area contributed by atoms with Gasteiger partial charge in [-0.3, -0.25) is 9.05 Å². The van der Waals surface area contributed by atoms with Gasteiger partial charge in [0.15, 0.2) is 0 Å². The van der Waals surface area contributed by atoms with Gasteiger partial charge in [-0.05, 0) is 26.2 Å². The van der Waals surface area contributed by atoms with E-state index in [-0.39, 0.29) is 0 Å². The average Bonchev–Trinajstić information content (AvgIpc) is 2.50. The van der Waals surface area contributed by atoms with Crippen molar-refractivity contribution in [2.24, 2.45) is 0 Å². The molecule has 0 bridgehead atoms. The quantitative estimate of drug-likeness (QED) is 0.183. The molecule has 6 heteroatoms. The molecule has 0 heterocycles. The molecule has 0 fully saturated rings. The van der Waals surface area contributed by atoms with E-state index in [1.165, 1.54) is 32.1 Å². The number of rotatable bonds is 17. The number of nitrogens with one attached hydrogen (secondary N) is 1. The van der Waals surface area contributed by atoms with Gasteiger partial charge in [-0.15, -0.1) is 0 Å². The number of hydrogen-bond acceptors (Lipinski definition) is 3. The lowest BCUT2D eigenvalue weighted by atomic mass is 10.1. The summed E-state index contributed by atoms with van der Waals surface area (Å²) in [6, 6.07) is 0. The monoisotopic (exact) mass is 399 g/mol. The first-order valence-corrected chi connectivity index (χ1v) is 11.5. The summed E-state index contributed by atoms with van der Waals surface area (Å²) in [5, 5.41) is 3.99. The number of halogens is 1. The Labute approximate surface area is 145 Å². The van der Waals surface area contributed by atoms with Gasteiger partial charge in [0.25, 0.3) is 0 Å². The maximum absolute atomic E-state index is 12.5. The lowest BCUT2D eigenvalue weighted by Crippen LogP contribution is -2.16. The highest BCUT2D eigenvalue weighted by molar-refractivity contribution is 9.09. The van der Waals surface area contributed by atoms with Crippen LogP contribution in [0.25, 0.3) is 0 Å². The molecule has 0 aromatic heterocycles. The Bertz CT molecular complexity index is 280. The molecule has 0 aromatic rings. The molecule has 0 saturated heterocycles. The fourth-order valence-corrected chi connectivity index (χ4v) is 3.95. The van der Waals surface area contributed by atoms with E-state index in [9.17, 15) is 4.57 Å². The van der Waals surface area contributed by atoms with Crippen LogP contribution in [0, 0.1) is 0 Å². The number of alkyl halides is 1. The Kier molecular flexibility index (Phi) is 16.9. The third-order valence-electron chi connectivity index (χ3n) is 3.42. The summed E-state index contributed by atoms with van der Waals surface area (Å²) in [7, 11) is -3.10. The van der Waals surface area contributed by atoms with Crippen molar-refractivity contribution in [3.8, 4) is 0 Å². The maximum atomic E-state index is 12.5. The van der Waals surface area contributed by atoms with Crippen molar-refractivity contribution in [2.45, 2.75) is 78.1 Å². The molecule has 0 spiro atoms. The molecule has 4 nitrogen and oxygen atoms in total. The molecule has 0 aromatic carbocycles. The smallest absolute Gasteiger partial charge is 0.297 e. The zero-order valence-corrected chi connectivity index (χ0v) is 16.9. The van der Waals surface area contributed by atoms with Crippen LogP contribution in [-0.4, -0.2) is 25.1 Å². The van der Waals surface area contributed by atoms with E-state index < -0.39 is 7.75 Å². The van der Waals surface area contributed by atoms with Gasteiger partial charge in [-0.25, -0.2) is 9.65 Å². The van der Waals surface area contributed by atoms with Gasteiger partial charge in [-0.2, -0.15) is 0 Å². The molecule has 0 amide bonds. The maximum Gasteiger partial charge on any atom is 0.405 e. The summed E-state index contributed by atoms with van der Waals surface area (Å²) in [5.41, 5.74) is 0. The van der Waals surface area contributed by atoms with Crippen LogP contribution in [0.15, 0.2) is 0 Å². The lowest BCUT2D eigenvalue weighted by Gasteiger charge is -2.18. The molecule has 0 aliphatic rings. The second-order valence-corrected chi connectivity index (χ2v) is 8.15. The Hall–Kier alpha value is 0.590. The second kappa shape index (κ2) is 16.4. The van der Waals surface area contributed by atoms with Crippen LogP contribution in [-0.2, 0) is 13.6 Å². The van der Waals surface area contributed by atoms with Crippen molar-refractivity contribution in [1.82, 2.24) is 5.09 Å². The topological polar surface area (TPSA) is 47.6 Å². The number of hydrogen-bond donors (Lipinski definition) is 1. The molecular formula is C16H35BrNO3P. The summed E-state index contributed by atoms with van der Waals surface area (Å²) in [5.74, 6) is 0. The largest absolute Gasteiger partial charge is 0.405 e. The standard InChI is InChI=1S/C16H35BrNO3P/c1-3-5-6-7-8-9-13-16-21-22(19,20-4-2)18-15-12-10-11-14-17/h3-16H2,1-2H3,(H,18,19). The third-order valence-corrected chi connectivity index (χ3v) is 5.72. The highest BCUT2D eigenvalue weighted by Crippen LogP contribution is 2.43. The van der Waals surface area contributed by atoms with Crippen molar-refractivity contribution < 1.29 is 13.6 Å². The molecular weight excluding hydrogens is 365 g/mol. The Morgan fingerprint density at radius 2 is 1.50 bits per heavy atom. The Morgan fingerprint density at radius 3 is 2.14 bits per heavy atom. The first kappa shape index (κ1) is 22.6. The summed E-state index contributed by atoms with van der Waals surface area (Å²) >= 11 is 3.41. The zero-order chi connectivity index (χ0) is 16.5. The SMILES string of the molecule is CCCCCCCCCOP(=O)(NCCCCCBr)OCC. The minimum atomic E-state index is -3.10. The van der Waals surface area contributed by atoms with Gasteiger partial charge in [0.1, 0.15) is 0 Å². The van der Waals surface area contributed by atoms with Crippen molar-refractivity contribution in [1.29, 1.82) is 0 Å². The molecule has 134 valence electrons. The highest BCUT2D eigenvalue weighted by atomic mass is 79.9. The summed E-state index contributed by atoms with van der Waals surface area (Å²) in [4.78, 5) is 0. The van der Waals surface area contributed by atoms with Crippen LogP contribution in [0.4, 0.5) is 0 Å². The van der Waals surface area contributed by atoms with E-state index in [0.29, 0.717) is 19.8 Å². The lowest BCUT2D eigenvalue weighted by molar-refractivity contribution is 0.199. The summed E-state index contributed by atoms with van der Waals surface area (Å²) in [6.45, 7) is 5.67. The third kappa shape index (κ3) is 14.2. The Balaban J connectivity index is 3.71. The average molecular weight is 400 g/mol. The van der Waals surface area contributed by atoms with E-state index in [1.807, 2.05) is 6.92 Å². The molecule has 0 aliphatic carbocycles. The molecule has 1 N–H and O–H groups in total. The van der Waals surface area contributed by atoms with Crippen molar-refractivity contribution >= 4 is 23.7 Å². The zero-order valence-electron chi connectivity index (χ0n) is 14.4. The normalized spacial score (nSPS) is 14.1. The van der Waals surface area contributed by atoms with Crippen LogP contribution in [0.5, 0.6) is 0 Å². The minimum absolute atomic E-state index is 0.405. The molecule has 1 atom stereocenters. The van der Waals surface area contributed by atoms with Gasteiger partial charge in [0.05, 0.1) is 13.2 Å². The van der Waals surface area contributed by atoms with Gasteiger partial charge < -0.3 is 0 Å². The molecule has 22 heavy (non-hydrogen) atoms. The first-order valence-electron chi connectivity index (χ1n) is 8.88. The second-order valence-electron chi connectivity index (χ2n) is 5.53. The summed E-state index contributed by atoms with van der Waals surface area (Å²) < 4.78 is 23.3. The van der Waals surface area contributed by atoms with E-state index in [4.69, 9.17) is 9.05 Å². The van der Waals surface area contributed by atoms with Crippen molar-refractivity contribution in [2.75, 3.05) is 25.1 Å². The van der Waals surface area contributed by atoms with Crippen LogP contribution in [0.3, 0.4) is 0 Å². The molecule has 0 saturated carbocycles. The van der Waals surface area contributed by atoms with E-state index in [2.05, 4.69) is 27.9 Å². The number of unbranched alkanes of at least 4 members (excludes halogenated alkanes) is 8. The molecule has 0 aliphatic heterocycles. The van der Waals surface area contributed by atoms with Crippen molar-refractivity contribution in [3.05, 3.63) is 0 Å². The van der Waals surface area contributed by atoms with Gasteiger partial charge >= 0.3 is 7.75 Å². The van der Waals surface area contributed by atoms with E-state index in [0.717, 1.165) is 37.4 Å². The van der Waals surface area contributed by atoms with Crippen LogP contribution < -0.4 is 5.09 Å². The molecule has 1 unspecified atom stereocenters. The minimum Gasteiger partial charge on any atom is -0.297 e. The van der Waals surface area contributed by atoms with Crippen LogP contribution in [0.2, 0.25) is 0 Å². The van der Waals surface area contributed by atoms with E-state index >= 15 is 0 Å².